The summed E-state index contributed by atoms with van der Waals surface area (Å²) in [4.78, 5) is 11.1. The van der Waals surface area contributed by atoms with Gasteiger partial charge in [-0.05, 0) is 44.3 Å². The van der Waals surface area contributed by atoms with Crippen molar-refractivity contribution in [2.45, 2.75) is 12.5 Å². The van der Waals surface area contributed by atoms with E-state index in [-0.39, 0.29) is 0 Å². The summed E-state index contributed by atoms with van der Waals surface area (Å²) in [5, 5.41) is 16.1. The molecule has 4 rings (SSSR count). The van der Waals surface area contributed by atoms with Crippen molar-refractivity contribution in [1.29, 1.82) is 0 Å². The lowest BCUT2D eigenvalue weighted by Crippen LogP contribution is -2.32. The molecule has 0 bridgehead atoms. The Labute approximate surface area is 127 Å². The van der Waals surface area contributed by atoms with Gasteiger partial charge in [0.15, 0.2) is 0 Å². The molecule has 0 aliphatic heterocycles. The Morgan fingerprint density at radius 1 is 0.955 bits per heavy atom. The quantitative estimate of drug-likeness (QED) is 0.567. The third-order valence-electron chi connectivity index (χ3n) is 4.35. The number of carboxylic acid groups (broad SMARTS) is 1. The Bertz CT molecular complexity index is 1010. The van der Waals surface area contributed by atoms with E-state index in [1.54, 1.807) is 0 Å². The molecule has 108 valence electrons. The maximum Gasteiger partial charge on any atom is 0.320 e. The van der Waals surface area contributed by atoms with E-state index in [2.05, 4.69) is 42.5 Å². The zero-order valence-corrected chi connectivity index (χ0v) is 11.9. The first kappa shape index (κ1) is 13.0. The number of rotatable bonds is 3. The third kappa shape index (κ3) is 1.83. The van der Waals surface area contributed by atoms with Crippen LogP contribution < -0.4 is 5.73 Å². The Kier molecular flexibility index (Phi) is 2.78. The molecule has 3 heteroatoms. The minimum atomic E-state index is -0.967. The number of hydrogen-bond acceptors (Lipinski definition) is 2. The molecule has 0 heterocycles. The molecule has 0 unspecified atom stereocenters. The molecule has 22 heavy (non-hydrogen) atoms. The van der Waals surface area contributed by atoms with E-state index in [1.807, 2.05) is 12.1 Å². The highest BCUT2D eigenvalue weighted by molar-refractivity contribution is 6.23. The molecule has 0 saturated carbocycles. The average Bonchev–Trinajstić information content (AvgIpc) is 2.53. The van der Waals surface area contributed by atoms with Crippen molar-refractivity contribution in [3.63, 3.8) is 0 Å². The van der Waals surface area contributed by atoms with Crippen LogP contribution in [0.3, 0.4) is 0 Å². The SMILES string of the molecule is N[C@@H](Cc1cc2cccc3ccc4cccc1c4c32)C(=O)O. The molecule has 0 saturated heterocycles. The van der Waals surface area contributed by atoms with E-state index in [9.17, 15) is 4.79 Å². The summed E-state index contributed by atoms with van der Waals surface area (Å²) in [6, 6.07) is 17.8. The van der Waals surface area contributed by atoms with E-state index in [1.165, 1.54) is 21.5 Å². The predicted octanol–water partition coefficient (Wildman–Crippen LogP) is 3.54. The van der Waals surface area contributed by atoms with Crippen LogP contribution in [-0.2, 0) is 11.2 Å². The fourth-order valence-electron chi connectivity index (χ4n) is 3.33. The first-order valence-electron chi connectivity index (χ1n) is 7.29. The fourth-order valence-corrected chi connectivity index (χ4v) is 3.33. The Morgan fingerprint density at radius 3 is 2.32 bits per heavy atom. The van der Waals surface area contributed by atoms with Crippen LogP contribution in [0, 0.1) is 0 Å². The lowest BCUT2D eigenvalue weighted by molar-refractivity contribution is -0.138. The van der Waals surface area contributed by atoms with Crippen molar-refractivity contribution in [2.24, 2.45) is 5.73 Å². The number of carboxylic acids is 1. The van der Waals surface area contributed by atoms with E-state index in [0.717, 1.165) is 16.3 Å². The second kappa shape index (κ2) is 4.68. The van der Waals surface area contributed by atoms with Gasteiger partial charge in [0.1, 0.15) is 6.04 Å². The largest absolute Gasteiger partial charge is 0.480 e. The zero-order chi connectivity index (χ0) is 15.3. The van der Waals surface area contributed by atoms with Gasteiger partial charge in [-0.3, -0.25) is 4.79 Å². The normalized spacial score (nSPS) is 13.1. The minimum Gasteiger partial charge on any atom is -0.480 e. The molecule has 3 N–H and O–H groups in total. The Morgan fingerprint density at radius 2 is 1.59 bits per heavy atom. The molecule has 0 aliphatic carbocycles. The molecule has 0 amide bonds. The number of aliphatic carboxylic acids is 1. The van der Waals surface area contributed by atoms with E-state index in [0.29, 0.717) is 6.42 Å². The second-order valence-corrected chi connectivity index (χ2v) is 5.73. The number of carbonyl (C=O) groups is 1. The van der Waals surface area contributed by atoms with Gasteiger partial charge in [-0.1, -0.05) is 54.6 Å². The first-order chi connectivity index (χ1) is 10.6. The van der Waals surface area contributed by atoms with Crippen LogP contribution in [-0.4, -0.2) is 17.1 Å². The molecule has 0 spiro atoms. The number of benzene rings is 4. The summed E-state index contributed by atoms with van der Waals surface area (Å²) in [6.07, 6.45) is 0.333. The molecule has 1 atom stereocenters. The van der Waals surface area contributed by atoms with Gasteiger partial charge in [0.05, 0.1) is 0 Å². The minimum absolute atomic E-state index is 0.333. The third-order valence-corrected chi connectivity index (χ3v) is 4.35. The van der Waals surface area contributed by atoms with Gasteiger partial charge < -0.3 is 10.8 Å². The van der Waals surface area contributed by atoms with Crippen LogP contribution in [0.25, 0.3) is 32.3 Å². The molecule has 0 aromatic heterocycles. The predicted molar refractivity (Wildman–Crippen MR) is 89.5 cm³/mol. The van der Waals surface area contributed by atoms with Crippen molar-refractivity contribution in [3.8, 4) is 0 Å². The van der Waals surface area contributed by atoms with E-state index in [4.69, 9.17) is 10.8 Å². The van der Waals surface area contributed by atoms with Crippen LogP contribution in [0.4, 0.5) is 0 Å². The maximum absolute atomic E-state index is 11.1. The van der Waals surface area contributed by atoms with Gasteiger partial charge in [-0.15, -0.1) is 0 Å². The summed E-state index contributed by atoms with van der Waals surface area (Å²) in [5.74, 6) is -0.967. The van der Waals surface area contributed by atoms with Gasteiger partial charge in [0, 0.05) is 0 Å². The standard InChI is InChI=1S/C19H15NO2/c20-16(19(21)22)10-14-9-13-5-1-3-11-7-8-12-4-2-6-15(14)18(12)17(11)13/h1-9,16H,10,20H2,(H,21,22)/t16-/m0/s1. The topological polar surface area (TPSA) is 63.3 Å². The molecule has 0 aliphatic rings. The van der Waals surface area contributed by atoms with Gasteiger partial charge in [0.2, 0.25) is 0 Å². The monoisotopic (exact) mass is 289 g/mol. The lowest BCUT2D eigenvalue weighted by atomic mass is 9.89. The van der Waals surface area contributed by atoms with Crippen LogP contribution in [0.5, 0.6) is 0 Å². The lowest BCUT2D eigenvalue weighted by Gasteiger charge is -2.15. The maximum atomic E-state index is 11.1. The Balaban J connectivity index is 2.10. The van der Waals surface area contributed by atoms with Crippen molar-refractivity contribution in [2.75, 3.05) is 0 Å². The van der Waals surface area contributed by atoms with Gasteiger partial charge in [-0.25, -0.2) is 0 Å². The molecular formula is C19H15NO2. The van der Waals surface area contributed by atoms with Crippen LogP contribution in [0.1, 0.15) is 5.56 Å². The van der Waals surface area contributed by atoms with Crippen LogP contribution >= 0.6 is 0 Å². The fraction of sp³-hybridized carbons (Fsp3) is 0.105. The van der Waals surface area contributed by atoms with Gasteiger partial charge >= 0.3 is 5.97 Å². The van der Waals surface area contributed by atoms with Crippen molar-refractivity contribution < 1.29 is 9.90 Å². The zero-order valence-electron chi connectivity index (χ0n) is 11.9. The summed E-state index contributed by atoms with van der Waals surface area (Å²) >= 11 is 0. The van der Waals surface area contributed by atoms with Crippen LogP contribution in [0.15, 0.2) is 54.6 Å². The summed E-state index contributed by atoms with van der Waals surface area (Å²) in [7, 11) is 0. The molecule has 3 nitrogen and oxygen atoms in total. The number of nitrogens with two attached hydrogens (primary N) is 1. The molecular weight excluding hydrogens is 274 g/mol. The summed E-state index contributed by atoms with van der Waals surface area (Å²) in [6.45, 7) is 0. The second-order valence-electron chi connectivity index (χ2n) is 5.73. The van der Waals surface area contributed by atoms with E-state index < -0.39 is 12.0 Å². The number of hydrogen-bond donors (Lipinski definition) is 2. The molecule has 4 aromatic carbocycles. The highest BCUT2D eigenvalue weighted by atomic mass is 16.4. The molecule has 4 aromatic rings. The van der Waals surface area contributed by atoms with Gasteiger partial charge in [-0.2, -0.15) is 0 Å². The first-order valence-corrected chi connectivity index (χ1v) is 7.29. The van der Waals surface area contributed by atoms with E-state index >= 15 is 0 Å². The Hall–Kier alpha value is -2.65. The van der Waals surface area contributed by atoms with Crippen molar-refractivity contribution in [3.05, 3.63) is 60.2 Å². The summed E-state index contributed by atoms with van der Waals surface area (Å²) in [5.41, 5.74) is 6.74. The smallest absolute Gasteiger partial charge is 0.320 e. The summed E-state index contributed by atoms with van der Waals surface area (Å²) < 4.78 is 0. The highest BCUT2D eigenvalue weighted by Crippen LogP contribution is 2.36. The average molecular weight is 289 g/mol. The molecule has 0 radical (unpaired) electrons. The molecule has 0 fully saturated rings. The highest BCUT2D eigenvalue weighted by Gasteiger charge is 2.16. The van der Waals surface area contributed by atoms with Gasteiger partial charge in [0.25, 0.3) is 0 Å². The van der Waals surface area contributed by atoms with Crippen molar-refractivity contribution >= 4 is 38.3 Å². The van der Waals surface area contributed by atoms with Crippen LogP contribution in [0.2, 0.25) is 0 Å². The van der Waals surface area contributed by atoms with Crippen molar-refractivity contribution in [1.82, 2.24) is 0 Å².